The van der Waals surface area contributed by atoms with E-state index in [4.69, 9.17) is 4.98 Å². The topological polar surface area (TPSA) is 125 Å². The SMILES string of the molecule is CC(C)C(=O)Nc1cncc(-c2cc3c(-c4nc5c(-c6cccc(F)c6)nccc5[nH]4)n[nH]c3cn2)c1. The number of nitrogens with zero attached hydrogens (tertiary/aromatic N) is 5. The van der Waals surface area contributed by atoms with E-state index in [0.29, 0.717) is 39.7 Å². The molecule has 1 aromatic carbocycles. The molecule has 5 heterocycles. The zero-order valence-electron chi connectivity index (χ0n) is 20.0. The van der Waals surface area contributed by atoms with Gasteiger partial charge in [0.1, 0.15) is 17.0 Å². The molecular formula is C27H21FN8O. The number of halogens is 1. The van der Waals surface area contributed by atoms with Crippen LogP contribution in [0, 0.1) is 11.7 Å². The summed E-state index contributed by atoms with van der Waals surface area (Å²) in [6.07, 6.45) is 6.65. The molecule has 0 aliphatic rings. The van der Waals surface area contributed by atoms with E-state index in [9.17, 15) is 9.18 Å². The van der Waals surface area contributed by atoms with Crippen LogP contribution in [0.25, 0.3) is 56.0 Å². The Bertz CT molecular complexity index is 1790. The van der Waals surface area contributed by atoms with Crippen molar-refractivity contribution in [2.45, 2.75) is 13.8 Å². The van der Waals surface area contributed by atoms with Crippen LogP contribution in [0.5, 0.6) is 0 Å². The molecule has 0 aliphatic carbocycles. The van der Waals surface area contributed by atoms with Crippen molar-refractivity contribution in [1.29, 1.82) is 0 Å². The lowest BCUT2D eigenvalue weighted by Gasteiger charge is -2.08. The highest BCUT2D eigenvalue weighted by Gasteiger charge is 2.17. The van der Waals surface area contributed by atoms with Gasteiger partial charge in [-0.3, -0.25) is 24.8 Å². The van der Waals surface area contributed by atoms with E-state index in [1.807, 2.05) is 32.0 Å². The van der Waals surface area contributed by atoms with Crippen LogP contribution in [0.15, 0.2) is 67.3 Å². The minimum Gasteiger partial charge on any atom is -0.336 e. The van der Waals surface area contributed by atoms with E-state index in [0.717, 1.165) is 22.0 Å². The summed E-state index contributed by atoms with van der Waals surface area (Å²) < 4.78 is 13.9. The molecule has 0 fully saturated rings. The Balaban J connectivity index is 1.41. The van der Waals surface area contributed by atoms with Gasteiger partial charge in [-0.05, 0) is 30.3 Å². The molecule has 0 aliphatic heterocycles. The van der Waals surface area contributed by atoms with Crippen molar-refractivity contribution in [3.8, 4) is 34.0 Å². The highest BCUT2D eigenvalue weighted by Crippen LogP contribution is 2.32. The molecule has 0 saturated heterocycles. The van der Waals surface area contributed by atoms with E-state index < -0.39 is 0 Å². The Morgan fingerprint density at radius 1 is 0.973 bits per heavy atom. The van der Waals surface area contributed by atoms with Crippen molar-refractivity contribution in [2.24, 2.45) is 5.92 Å². The maximum atomic E-state index is 13.9. The average molecular weight is 493 g/mol. The molecule has 0 unspecified atom stereocenters. The van der Waals surface area contributed by atoms with Crippen LogP contribution in [0.4, 0.5) is 10.1 Å². The molecule has 0 radical (unpaired) electrons. The molecule has 0 spiro atoms. The van der Waals surface area contributed by atoms with E-state index in [1.54, 1.807) is 36.9 Å². The van der Waals surface area contributed by atoms with Crippen LogP contribution >= 0.6 is 0 Å². The summed E-state index contributed by atoms with van der Waals surface area (Å²) in [6.45, 7) is 3.66. The maximum absolute atomic E-state index is 13.9. The molecular weight excluding hydrogens is 471 g/mol. The van der Waals surface area contributed by atoms with Gasteiger partial charge in [-0.1, -0.05) is 26.0 Å². The fraction of sp³-hybridized carbons (Fsp3) is 0.111. The lowest BCUT2D eigenvalue weighted by Crippen LogP contribution is -2.17. The molecule has 5 aromatic heterocycles. The summed E-state index contributed by atoms with van der Waals surface area (Å²) in [4.78, 5) is 33.4. The first-order chi connectivity index (χ1) is 18.0. The summed E-state index contributed by atoms with van der Waals surface area (Å²) in [5.74, 6) is -0.0311. The number of pyridine rings is 3. The molecule has 37 heavy (non-hydrogen) atoms. The molecule has 10 heteroatoms. The summed E-state index contributed by atoms with van der Waals surface area (Å²) in [6, 6.07) is 11.8. The van der Waals surface area contributed by atoms with Gasteiger partial charge in [0.05, 0.1) is 40.5 Å². The normalized spacial score (nSPS) is 11.5. The van der Waals surface area contributed by atoms with E-state index in [-0.39, 0.29) is 17.6 Å². The van der Waals surface area contributed by atoms with Crippen LogP contribution in [-0.4, -0.2) is 41.0 Å². The van der Waals surface area contributed by atoms with Crippen molar-refractivity contribution in [3.05, 3.63) is 73.1 Å². The smallest absolute Gasteiger partial charge is 0.226 e. The van der Waals surface area contributed by atoms with Gasteiger partial charge in [0.2, 0.25) is 5.91 Å². The zero-order valence-corrected chi connectivity index (χ0v) is 20.0. The van der Waals surface area contributed by atoms with Gasteiger partial charge in [-0.2, -0.15) is 5.10 Å². The lowest BCUT2D eigenvalue weighted by molar-refractivity contribution is -0.118. The third-order valence-electron chi connectivity index (χ3n) is 6.00. The zero-order chi connectivity index (χ0) is 25.5. The summed E-state index contributed by atoms with van der Waals surface area (Å²) >= 11 is 0. The van der Waals surface area contributed by atoms with Crippen molar-refractivity contribution in [1.82, 2.24) is 35.1 Å². The predicted molar refractivity (Wildman–Crippen MR) is 139 cm³/mol. The summed E-state index contributed by atoms with van der Waals surface area (Å²) in [5, 5.41) is 11.2. The van der Waals surface area contributed by atoms with Gasteiger partial charge in [0.15, 0.2) is 5.82 Å². The van der Waals surface area contributed by atoms with Crippen LogP contribution in [0.3, 0.4) is 0 Å². The first kappa shape index (κ1) is 22.5. The molecule has 6 rings (SSSR count). The second-order valence-electron chi connectivity index (χ2n) is 8.95. The minimum atomic E-state index is -0.340. The van der Waals surface area contributed by atoms with Gasteiger partial charge >= 0.3 is 0 Å². The van der Waals surface area contributed by atoms with Gasteiger partial charge in [-0.25, -0.2) is 9.37 Å². The maximum Gasteiger partial charge on any atom is 0.226 e. The summed E-state index contributed by atoms with van der Waals surface area (Å²) in [5.41, 5.74) is 5.95. The number of hydrogen-bond donors (Lipinski definition) is 3. The Morgan fingerprint density at radius 2 is 1.86 bits per heavy atom. The van der Waals surface area contributed by atoms with E-state index >= 15 is 0 Å². The second-order valence-corrected chi connectivity index (χ2v) is 8.95. The third-order valence-corrected chi connectivity index (χ3v) is 6.00. The standard InChI is InChI=1S/C27H21FN8O/c1-14(2)27(37)32-18-9-16(11-29-12-18)21-10-19-22(13-31-21)35-36-24(19)26-33-20-6-7-30-23(25(20)34-26)15-4-3-5-17(28)8-15/h3-14H,1-2H3,(H,32,37)(H,33,34)(H,35,36). The largest absolute Gasteiger partial charge is 0.336 e. The van der Waals surface area contributed by atoms with Gasteiger partial charge in [0.25, 0.3) is 0 Å². The number of aromatic amines is 2. The van der Waals surface area contributed by atoms with Crippen molar-refractivity contribution in [2.75, 3.05) is 5.32 Å². The first-order valence-corrected chi connectivity index (χ1v) is 11.7. The quantitative estimate of drug-likeness (QED) is 0.298. The van der Waals surface area contributed by atoms with Crippen molar-refractivity contribution < 1.29 is 9.18 Å². The Morgan fingerprint density at radius 3 is 2.70 bits per heavy atom. The van der Waals surface area contributed by atoms with E-state index in [1.165, 1.54) is 12.1 Å². The highest BCUT2D eigenvalue weighted by atomic mass is 19.1. The number of imidazole rings is 1. The van der Waals surface area contributed by atoms with Crippen LogP contribution < -0.4 is 5.32 Å². The second kappa shape index (κ2) is 8.90. The molecule has 0 bridgehead atoms. The average Bonchev–Trinajstić information content (AvgIpc) is 3.52. The number of H-pyrrole nitrogens is 2. The summed E-state index contributed by atoms with van der Waals surface area (Å²) in [7, 11) is 0. The van der Waals surface area contributed by atoms with Crippen molar-refractivity contribution >= 4 is 33.5 Å². The van der Waals surface area contributed by atoms with Crippen LogP contribution in [0.2, 0.25) is 0 Å². The molecule has 6 aromatic rings. The number of carbonyl (C=O) groups is 1. The number of benzene rings is 1. The number of amides is 1. The Labute approximate surface area is 210 Å². The third kappa shape index (κ3) is 4.18. The fourth-order valence-corrected chi connectivity index (χ4v) is 4.08. The van der Waals surface area contributed by atoms with Crippen LogP contribution in [0.1, 0.15) is 13.8 Å². The number of aromatic nitrogens is 7. The molecule has 9 nitrogen and oxygen atoms in total. The lowest BCUT2D eigenvalue weighted by atomic mass is 10.1. The van der Waals surface area contributed by atoms with Gasteiger partial charge in [-0.15, -0.1) is 0 Å². The first-order valence-electron chi connectivity index (χ1n) is 11.7. The number of nitrogens with one attached hydrogen (secondary N) is 3. The molecule has 3 N–H and O–H groups in total. The van der Waals surface area contributed by atoms with Crippen molar-refractivity contribution in [3.63, 3.8) is 0 Å². The molecule has 0 atom stereocenters. The van der Waals surface area contributed by atoms with Gasteiger partial charge < -0.3 is 10.3 Å². The highest BCUT2D eigenvalue weighted by molar-refractivity contribution is 5.97. The Kier molecular flexibility index (Phi) is 5.41. The molecule has 182 valence electrons. The monoisotopic (exact) mass is 492 g/mol. The van der Waals surface area contributed by atoms with Gasteiger partial charge in [0, 0.05) is 34.8 Å². The van der Waals surface area contributed by atoms with E-state index in [2.05, 4.69) is 35.5 Å². The number of carbonyl (C=O) groups excluding carboxylic acids is 1. The minimum absolute atomic E-state index is 0.0866. The fourth-order valence-electron chi connectivity index (χ4n) is 4.08. The number of rotatable bonds is 5. The molecule has 1 amide bonds. The number of fused-ring (bicyclic) bond motifs is 2. The Hall–Kier alpha value is -4.99. The number of hydrogen-bond acceptors (Lipinski definition) is 6. The van der Waals surface area contributed by atoms with Crippen LogP contribution in [-0.2, 0) is 4.79 Å². The molecule has 0 saturated carbocycles. The predicted octanol–water partition coefficient (Wildman–Crippen LogP) is 5.36. The number of anilines is 1.